The zero-order valence-corrected chi connectivity index (χ0v) is 11.6. The van der Waals surface area contributed by atoms with Crippen molar-refractivity contribution < 1.29 is 9.47 Å². The number of rotatable bonds is 3. The number of methoxy groups -OCH3 is 2. The van der Waals surface area contributed by atoms with Crippen molar-refractivity contribution in [2.24, 2.45) is 0 Å². The molecule has 0 saturated heterocycles. The molecule has 3 rings (SSSR count). The minimum absolute atomic E-state index is 0.698. The van der Waals surface area contributed by atoms with E-state index in [1.54, 1.807) is 20.4 Å². The summed E-state index contributed by atoms with van der Waals surface area (Å²) in [5, 5.41) is 0. The number of ether oxygens (including phenoxy) is 2. The van der Waals surface area contributed by atoms with Gasteiger partial charge in [0.2, 0.25) is 0 Å². The van der Waals surface area contributed by atoms with Crippen molar-refractivity contribution in [2.75, 3.05) is 14.2 Å². The number of fused-ring (bicyclic) bond motifs is 1. The molecule has 0 spiro atoms. The summed E-state index contributed by atoms with van der Waals surface area (Å²) in [6.45, 7) is 2.00. The highest BCUT2D eigenvalue weighted by Gasteiger charge is 2.12. The number of nitrogens with one attached hydrogen (secondary N) is 1. The van der Waals surface area contributed by atoms with Gasteiger partial charge in [-0.2, -0.15) is 0 Å². The van der Waals surface area contributed by atoms with Crippen molar-refractivity contribution >= 4 is 11.2 Å². The number of imidazole rings is 1. The van der Waals surface area contributed by atoms with Gasteiger partial charge in [0, 0.05) is 12.3 Å². The third-order valence-electron chi connectivity index (χ3n) is 3.14. The first-order valence-corrected chi connectivity index (χ1v) is 6.26. The van der Waals surface area contributed by atoms with E-state index in [-0.39, 0.29) is 0 Å². The van der Waals surface area contributed by atoms with Gasteiger partial charge >= 0.3 is 0 Å². The zero-order valence-electron chi connectivity index (χ0n) is 11.6. The van der Waals surface area contributed by atoms with Crippen LogP contribution >= 0.6 is 0 Å². The number of nitrogens with zero attached hydrogens (tertiary/aromatic N) is 2. The number of aromatic nitrogens is 3. The molecule has 3 aromatic rings. The number of aromatic amines is 1. The maximum atomic E-state index is 5.40. The van der Waals surface area contributed by atoms with Crippen LogP contribution in [0, 0.1) is 6.92 Å². The van der Waals surface area contributed by atoms with Gasteiger partial charge in [-0.25, -0.2) is 9.97 Å². The molecule has 0 amide bonds. The first-order valence-electron chi connectivity index (χ1n) is 6.26. The van der Waals surface area contributed by atoms with Crippen LogP contribution in [0.1, 0.15) is 5.56 Å². The Morgan fingerprint density at radius 2 is 1.95 bits per heavy atom. The molecule has 1 N–H and O–H groups in total. The Morgan fingerprint density at radius 1 is 1.10 bits per heavy atom. The Hall–Kier alpha value is -2.56. The quantitative estimate of drug-likeness (QED) is 0.794. The molecule has 2 aromatic heterocycles. The Morgan fingerprint density at radius 3 is 2.70 bits per heavy atom. The van der Waals surface area contributed by atoms with Crippen molar-refractivity contribution in [3.05, 3.63) is 36.0 Å². The second kappa shape index (κ2) is 4.85. The van der Waals surface area contributed by atoms with Crippen LogP contribution in [-0.2, 0) is 0 Å². The third-order valence-corrected chi connectivity index (χ3v) is 3.14. The van der Waals surface area contributed by atoms with E-state index in [0.717, 1.165) is 28.2 Å². The molecule has 5 nitrogen and oxygen atoms in total. The van der Waals surface area contributed by atoms with Crippen LogP contribution in [0.25, 0.3) is 22.6 Å². The summed E-state index contributed by atoms with van der Waals surface area (Å²) in [5.74, 6) is 2.19. The zero-order chi connectivity index (χ0) is 14.1. The molecule has 0 radical (unpaired) electrons. The Balaban J connectivity index is 2.14. The van der Waals surface area contributed by atoms with E-state index in [4.69, 9.17) is 9.47 Å². The molecule has 0 atom stereocenters. The van der Waals surface area contributed by atoms with E-state index >= 15 is 0 Å². The number of H-pyrrole nitrogens is 1. The predicted octanol–water partition coefficient (Wildman–Crippen LogP) is 2.95. The van der Waals surface area contributed by atoms with Gasteiger partial charge in [-0.1, -0.05) is 0 Å². The normalized spacial score (nSPS) is 10.8. The second-order valence-corrected chi connectivity index (χ2v) is 4.54. The second-order valence-electron chi connectivity index (χ2n) is 4.54. The molecule has 102 valence electrons. The standard InChI is InChI=1S/C15H15N3O2/c1-9-6-12-15(16-8-9)18-14(17-12)11-5-4-10(19-2)7-13(11)20-3/h4-8H,1-3H3,(H,16,17,18). The molecular weight excluding hydrogens is 254 g/mol. The lowest BCUT2D eigenvalue weighted by molar-refractivity contribution is 0.395. The molecule has 0 saturated carbocycles. The lowest BCUT2D eigenvalue weighted by Crippen LogP contribution is -1.91. The monoisotopic (exact) mass is 269 g/mol. The highest BCUT2D eigenvalue weighted by Crippen LogP contribution is 2.32. The van der Waals surface area contributed by atoms with E-state index in [1.165, 1.54) is 0 Å². The largest absolute Gasteiger partial charge is 0.497 e. The van der Waals surface area contributed by atoms with Gasteiger partial charge in [0.1, 0.15) is 17.3 Å². The first-order chi connectivity index (χ1) is 9.71. The third kappa shape index (κ3) is 2.07. The van der Waals surface area contributed by atoms with Gasteiger partial charge < -0.3 is 14.5 Å². The summed E-state index contributed by atoms with van der Waals surface area (Å²) in [5.41, 5.74) is 3.58. The fraction of sp³-hybridized carbons (Fsp3) is 0.200. The number of benzene rings is 1. The fourth-order valence-electron chi connectivity index (χ4n) is 2.13. The highest BCUT2D eigenvalue weighted by molar-refractivity contribution is 5.78. The molecule has 5 heteroatoms. The number of aryl methyl sites for hydroxylation is 1. The summed E-state index contributed by atoms with van der Waals surface area (Å²) in [6.07, 6.45) is 1.80. The van der Waals surface area contributed by atoms with Crippen molar-refractivity contribution in [3.63, 3.8) is 0 Å². The topological polar surface area (TPSA) is 60.0 Å². The van der Waals surface area contributed by atoms with E-state index in [9.17, 15) is 0 Å². The van der Waals surface area contributed by atoms with Crippen LogP contribution in [0.15, 0.2) is 30.5 Å². The molecule has 0 aliphatic heterocycles. The van der Waals surface area contributed by atoms with Gasteiger partial charge in [0.25, 0.3) is 0 Å². The van der Waals surface area contributed by atoms with Crippen molar-refractivity contribution in [1.82, 2.24) is 15.0 Å². The van der Waals surface area contributed by atoms with Crippen LogP contribution in [-0.4, -0.2) is 29.2 Å². The van der Waals surface area contributed by atoms with E-state index < -0.39 is 0 Å². The average molecular weight is 269 g/mol. The van der Waals surface area contributed by atoms with Gasteiger partial charge in [0.05, 0.1) is 25.3 Å². The predicted molar refractivity (Wildman–Crippen MR) is 77.2 cm³/mol. The Bertz CT molecular complexity index is 765. The van der Waals surface area contributed by atoms with E-state index in [2.05, 4.69) is 15.0 Å². The average Bonchev–Trinajstić information content (AvgIpc) is 2.89. The number of pyridine rings is 1. The molecular formula is C15H15N3O2. The molecule has 20 heavy (non-hydrogen) atoms. The van der Waals surface area contributed by atoms with Crippen LogP contribution in [0.3, 0.4) is 0 Å². The molecule has 0 aliphatic carbocycles. The molecule has 2 heterocycles. The molecule has 0 fully saturated rings. The van der Waals surface area contributed by atoms with Gasteiger partial charge in [-0.05, 0) is 30.7 Å². The summed E-state index contributed by atoms with van der Waals surface area (Å²) in [6, 6.07) is 7.65. The maximum Gasteiger partial charge on any atom is 0.178 e. The van der Waals surface area contributed by atoms with Gasteiger partial charge in [-0.15, -0.1) is 0 Å². The summed E-state index contributed by atoms with van der Waals surface area (Å²) >= 11 is 0. The molecule has 0 bridgehead atoms. The summed E-state index contributed by atoms with van der Waals surface area (Å²) < 4.78 is 10.6. The highest BCUT2D eigenvalue weighted by atomic mass is 16.5. The van der Waals surface area contributed by atoms with Crippen molar-refractivity contribution in [3.8, 4) is 22.9 Å². The number of hydrogen-bond donors (Lipinski definition) is 1. The minimum Gasteiger partial charge on any atom is -0.497 e. The molecule has 0 aliphatic rings. The molecule has 0 unspecified atom stereocenters. The summed E-state index contributed by atoms with van der Waals surface area (Å²) in [7, 11) is 3.26. The smallest absolute Gasteiger partial charge is 0.178 e. The Labute approximate surface area is 116 Å². The summed E-state index contributed by atoms with van der Waals surface area (Å²) in [4.78, 5) is 12.1. The SMILES string of the molecule is COc1ccc(-c2nc3ncc(C)cc3[nH]2)c(OC)c1. The van der Waals surface area contributed by atoms with E-state index in [0.29, 0.717) is 11.4 Å². The fourth-order valence-corrected chi connectivity index (χ4v) is 2.13. The maximum absolute atomic E-state index is 5.40. The van der Waals surface area contributed by atoms with Gasteiger partial charge in [0.15, 0.2) is 5.65 Å². The van der Waals surface area contributed by atoms with Crippen LogP contribution in [0.2, 0.25) is 0 Å². The lowest BCUT2D eigenvalue weighted by atomic mass is 10.2. The van der Waals surface area contributed by atoms with Gasteiger partial charge in [-0.3, -0.25) is 0 Å². The van der Waals surface area contributed by atoms with Crippen LogP contribution in [0.4, 0.5) is 0 Å². The lowest BCUT2D eigenvalue weighted by Gasteiger charge is -2.08. The van der Waals surface area contributed by atoms with Crippen molar-refractivity contribution in [1.29, 1.82) is 0 Å². The minimum atomic E-state index is 0.698. The number of hydrogen-bond acceptors (Lipinski definition) is 4. The first kappa shape index (κ1) is 12.5. The van der Waals surface area contributed by atoms with Crippen molar-refractivity contribution in [2.45, 2.75) is 6.92 Å². The Kier molecular flexibility index (Phi) is 3.02. The van der Waals surface area contributed by atoms with Crippen LogP contribution in [0.5, 0.6) is 11.5 Å². The van der Waals surface area contributed by atoms with E-state index in [1.807, 2.05) is 31.2 Å². The van der Waals surface area contributed by atoms with Crippen LogP contribution < -0.4 is 9.47 Å². The molecule has 1 aromatic carbocycles.